The van der Waals surface area contributed by atoms with E-state index in [1.807, 2.05) is 31.2 Å². The topological polar surface area (TPSA) is 67.9 Å². The molecule has 0 unspecified atom stereocenters. The molecule has 34 heavy (non-hydrogen) atoms. The van der Waals surface area contributed by atoms with Crippen LogP contribution in [0.2, 0.25) is 0 Å². The molecule has 0 aromatic heterocycles. The van der Waals surface area contributed by atoms with E-state index in [0.717, 1.165) is 11.1 Å². The van der Waals surface area contributed by atoms with Crippen molar-refractivity contribution in [1.29, 1.82) is 0 Å². The van der Waals surface area contributed by atoms with Crippen LogP contribution in [0.15, 0.2) is 70.8 Å². The van der Waals surface area contributed by atoms with Crippen LogP contribution in [-0.2, 0) is 17.9 Å². The molecular weight excluding hydrogens is 503 g/mol. The molecule has 1 aliphatic rings. The van der Waals surface area contributed by atoms with E-state index in [-0.39, 0.29) is 24.7 Å². The summed E-state index contributed by atoms with van der Waals surface area (Å²) in [4.78, 5) is 26.5. The van der Waals surface area contributed by atoms with E-state index in [2.05, 4.69) is 21.2 Å². The van der Waals surface area contributed by atoms with Gasteiger partial charge in [0.15, 0.2) is 11.5 Å². The number of halogens is 2. The zero-order chi connectivity index (χ0) is 24.2. The van der Waals surface area contributed by atoms with Crippen LogP contribution in [0.4, 0.5) is 9.18 Å². The maximum absolute atomic E-state index is 13.4. The largest absolute Gasteiger partial charge is 0.493 e. The zero-order valence-corrected chi connectivity index (χ0v) is 20.2. The van der Waals surface area contributed by atoms with Crippen molar-refractivity contribution in [3.63, 3.8) is 0 Å². The van der Waals surface area contributed by atoms with Crippen LogP contribution in [0.1, 0.15) is 22.3 Å². The quantitative estimate of drug-likeness (QED) is 0.323. The van der Waals surface area contributed by atoms with E-state index in [1.165, 1.54) is 24.1 Å². The van der Waals surface area contributed by atoms with Gasteiger partial charge in [0.25, 0.3) is 5.91 Å². The smallest absolute Gasteiger partial charge is 0.329 e. The van der Waals surface area contributed by atoms with Crippen molar-refractivity contribution in [2.45, 2.75) is 20.1 Å². The summed E-state index contributed by atoms with van der Waals surface area (Å²) in [5.41, 5.74) is 3.38. The predicted octanol–water partition coefficient (Wildman–Crippen LogP) is 5.58. The molecule has 174 valence electrons. The summed E-state index contributed by atoms with van der Waals surface area (Å²) in [5.74, 6) is 0.128. The minimum Gasteiger partial charge on any atom is -0.493 e. The molecule has 1 aliphatic heterocycles. The molecule has 6 nitrogen and oxygen atoms in total. The lowest BCUT2D eigenvalue weighted by atomic mass is 10.1. The molecular formula is C26H22BrFN2O4. The number of aryl methyl sites for hydroxylation is 1. The van der Waals surface area contributed by atoms with Gasteiger partial charge in [-0.05, 0) is 54.0 Å². The highest BCUT2D eigenvalue weighted by molar-refractivity contribution is 9.10. The molecule has 0 aliphatic carbocycles. The van der Waals surface area contributed by atoms with E-state index in [4.69, 9.17) is 9.47 Å². The van der Waals surface area contributed by atoms with E-state index >= 15 is 0 Å². The fourth-order valence-corrected chi connectivity index (χ4v) is 4.02. The molecule has 1 fully saturated rings. The van der Waals surface area contributed by atoms with Crippen LogP contribution in [0.5, 0.6) is 11.5 Å². The summed E-state index contributed by atoms with van der Waals surface area (Å²) >= 11 is 3.49. The molecule has 0 spiro atoms. The maximum atomic E-state index is 13.4. The molecule has 1 saturated heterocycles. The second-order valence-corrected chi connectivity index (χ2v) is 8.67. The minimum absolute atomic E-state index is 0.156. The van der Waals surface area contributed by atoms with Gasteiger partial charge in [-0.2, -0.15) is 0 Å². The van der Waals surface area contributed by atoms with Crippen LogP contribution < -0.4 is 14.8 Å². The van der Waals surface area contributed by atoms with Crippen molar-refractivity contribution in [3.8, 4) is 11.5 Å². The molecule has 0 saturated carbocycles. The first-order valence-corrected chi connectivity index (χ1v) is 11.3. The van der Waals surface area contributed by atoms with Crippen molar-refractivity contribution in [3.05, 3.63) is 98.9 Å². The zero-order valence-electron chi connectivity index (χ0n) is 18.6. The van der Waals surface area contributed by atoms with Crippen molar-refractivity contribution in [2.75, 3.05) is 7.11 Å². The number of amides is 3. The normalized spacial score (nSPS) is 14.5. The lowest BCUT2D eigenvalue weighted by molar-refractivity contribution is -0.123. The first kappa shape index (κ1) is 23.5. The van der Waals surface area contributed by atoms with Crippen LogP contribution in [0, 0.1) is 12.7 Å². The fraction of sp³-hybridized carbons (Fsp3) is 0.154. The number of ether oxygens (including phenoxy) is 2. The average molecular weight is 525 g/mol. The van der Waals surface area contributed by atoms with Gasteiger partial charge < -0.3 is 14.8 Å². The lowest BCUT2D eigenvalue weighted by Crippen LogP contribution is -2.30. The van der Waals surface area contributed by atoms with Crippen molar-refractivity contribution < 1.29 is 23.5 Å². The number of carbonyl (C=O) groups is 2. The average Bonchev–Trinajstić information content (AvgIpc) is 3.06. The second-order valence-electron chi connectivity index (χ2n) is 7.81. The Balaban J connectivity index is 1.54. The lowest BCUT2D eigenvalue weighted by Gasteiger charge is -2.13. The van der Waals surface area contributed by atoms with Crippen LogP contribution in [0.3, 0.4) is 0 Å². The van der Waals surface area contributed by atoms with E-state index < -0.39 is 11.9 Å². The molecule has 1 N–H and O–H groups in total. The third-order valence-electron chi connectivity index (χ3n) is 5.25. The van der Waals surface area contributed by atoms with Crippen molar-refractivity contribution in [2.24, 2.45) is 0 Å². The molecule has 0 bridgehead atoms. The minimum atomic E-state index is -0.476. The van der Waals surface area contributed by atoms with Crippen molar-refractivity contribution in [1.82, 2.24) is 10.2 Å². The molecule has 3 aromatic carbocycles. The fourth-order valence-electron chi connectivity index (χ4n) is 3.59. The summed E-state index contributed by atoms with van der Waals surface area (Å²) in [5, 5.41) is 2.64. The standard InChI is InChI=1S/C26H22BrFN2O4/c1-16-5-3-6-17(9-16)14-30-25(31)22(29-26(30)32)11-19-12-23(33-2)24(13-21(19)27)34-15-18-7-4-8-20(28)10-18/h3-13H,14-15H2,1-2H3,(H,29,32)/b22-11+. The van der Waals surface area contributed by atoms with Gasteiger partial charge in [0, 0.05) is 4.47 Å². The third kappa shape index (κ3) is 5.28. The number of nitrogens with zero attached hydrogens (tertiary/aromatic N) is 1. The molecule has 3 amide bonds. The predicted molar refractivity (Wildman–Crippen MR) is 130 cm³/mol. The van der Waals surface area contributed by atoms with Crippen LogP contribution in [-0.4, -0.2) is 23.9 Å². The van der Waals surface area contributed by atoms with Gasteiger partial charge in [0.05, 0.1) is 13.7 Å². The second kappa shape index (κ2) is 10.1. The summed E-state index contributed by atoms with van der Waals surface area (Å²) in [6.45, 7) is 2.29. The Morgan fingerprint density at radius 2 is 1.79 bits per heavy atom. The summed E-state index contributed by atoms with van der Waals surface area (Å²) in [7, 11) is 1.50. The van der Waals surface area contributed by atoms with Gasteiger partial charge in [0.1, 0.15) is 18.1 Å². The highest BCUT2D eigenvalue weighted by Crippen LogP contribution is 2.35. The first-order valence-electron chi connectivity index (χ1n) is 10.5. The van der Waals surface area contributed by atoms with Crippen LogP contribution >= 0.6 is 15.9 Å². The molecule has 0 atom stereocenters. The number of urea groups is 1. The number of hydrogen-bond acceptors (Lipinski definition) is 4. The number of hydrogen-bond donors (Lipinski definition) is 1. The molecule has 8 heteroatoms. The number of imide groups is 1. The van der Waals surface area contributed by atoms with E-state index in [1.54, 1.807) is 30.3 Å². The Morgan fingerprint density at radius 1 is 1.03 bits per heavy atom. The molecule has 3 aromatic rings. The first-order chi connectivity index (χ1) is 16.3. The molecule has 0 radical (unpaired) electrons. The van der Waals surface area contributed by atoms with E-state index in [9.17, 15) is 14.0 Å². The highest BCUT2D eigenvalue weighted by Gasteiger charge is 2.33. The van der Waals surface area contributed by atoms with Gasteiger partial charge in [0.2, 0.25) is 0 Å². The Labute approximate surface area is 205 Å². The number of nitrogens with one attached hydrogen (secondary N) is 1. The number of benzene rings is 3. The Bertz CT molecular complexity index is 1290. The summed E-state index contributed by atoms with van der Waals surface area (Å²) in [6.07, 6.45) is 1.58. The Kier molecular flexibility index (Phi) is 6.98. The molecule has 4 rings (SSSR count). The Morgan fingerprint density at radius 3 is 2.53 bits per heavy atom. The SMILES string of the molecule is COc1cc(/C=C2/NC(=O)N(Cc3cccc(C)c3)C2=O)c(Br)cc1OCc1cccc(F)c1. The number of methoxy groups -OCH3 is 1. The summed E-state index contributed by atoms with van der Waals surface area (Å²) < 4.78 is 25.3. The number of rotatable bonds is 7. The maximum Gasteiger partial charge on any atom is 0.329 e. The third-order valence-corrected chi connectivity index (χ3v) is 5.94. The van der Waals surface area contributed by atoms with Gasteiger partial charge in [-0.25, -0.2) is 9.18 Å². The van der Waals surface area contributed by atoms with Crippen LogP contribution in [0.25, 0.3) is 6.08 Å². The van der Waals surface area contributed by atoms with E-state index in [0.29, 0.717) is 27.1 Å². The van der Waals surface area contributed by atoms with Gasteiger partial charge >= 0.3 is 6.03 Å². The monoisotopic (exact) mass is 524 g/mol. The Hall–Kier alpha value is -3.65. The molecule has 1 heterocycles. The van der Waals surface area contributed by atoms with Gasteiger partial charge in [-0.1, -0.05) is 57.9 Å². The van der Waals surface area contributed by atoms with Gasteiger partial charge in [-0.3, -0.25) is 9.69 Å². The highest BCUT2D eigenvalue weighted by atomic mass is 79.9. The van der Waals surface area contributed by atoms with Gasteiger partial charge in [-0.15, -0.1) is 0 Å². The van der Waals surface area contributed by atoms with Crippen molar-refractivity contribution >= 4 is 33.9 Å². The summed E-state index contributed by atoms with van der Waals surface area (Å²) in [6, 6.07) is 16.7. The number of carbonyl (C=O) groups excluding carboxylic acids is 2.